The molecule has 0 saturated carbocycles. The van der Waals surface area contributed by atoms with Crippen LogP contribution in [0.1, 0.15) is 11.6 Å². The molecule has 96 valence electrons. The van der Waals surface area contributed by atoms with Crippen molar-refractivity contribution in [1.82, 2.24) is 0 Å². The van der Waals surface area contributed by atoms with Gasteiger partial charge in [-0.3, -0.25) is 4.99 Å². The molecule has 0 unspecified atom stereocenters. The van der Waals surface area contributed by atoms with E-state index in [0.717, 1.165) is 11.7 Å². The molecule has 0 spiro atoms. The highest BCUT2D eigenvalue weighted by molar-refractivity contribution is 8.13. The monoisotopic (exact) mass is 268 g/mol. The molecule has 3 rings (SSSR count). The second-order valence-corrected chi connectivity index (χ2v) is 5.26. The molecule has 0 bridgehead atoms. The summed E-state index contributed by atoms with van der Waals surface area (Å²) in [6, 6.07) is 21.2. The Balaban J connectivity index is 1.89. The molecule has 1 heterocycles. The van der Waals surface area contributed by atoms with Gasteiger partial charge in [-0.25, -0.2) is 0 Å². The first kappa shape index (κ1) is 12.3. The van der Waals surface area contributed by atoms with E-state index in [0.29, 0.717) is 0 Å². The molecule has 0 aliphatic carbocycles. The predicted octanol–water partition coefficient (Wildman–Crippen LogP) is 3.97. The summed E-state index contributed by atoms with van der Waals surface area (Å²) in [5.74, 6) is 0. The summed E-state index contributed by atoms with van der Waals surface area (Å²) in [7, 11) is 0. The molecule has 0 aromatic heterocycles. The summed E-state index contributed by atoms with van der Waals surface area (Å²) in [5.41, 5.74) is 2.50. The van der Waals surface area contributed by atoms with Crippen molar-refractivity contribution in [3.63, 3.8) is 0 Å². The van der Waals surface area contributed by atoms with E-state index in [2.05, 4.69) is 59.7 Å². The molecule has 3 heteroatoms. The van der Waals surface area contributed by atoms with Crippen molar-refractivity contribution in [2.45, 2.75) is 6.04 Å². The Labute approximate surface area is 118 Å². The second kappa shape index (κ2) is 5.49. The number of benzene rings is 2. The lowest BCUT2D eigenvalue weighted by Crippen LogP contribution is -2.25. The van der Waals surface area contributed by atoms with Crippen LogP contribution in [0.2, 0.25) is 0 Å². The van der Waals surface area contributed by atoms with Crippen molar-refractivity contribution in [1.29, 1.82) is 0 Å². The zero-order chi connectivity index (χ0) is 13.1. The van der Waals surface area contributed by atoms with Gasteiger partial charge in [0.1, 0.15) is 0 Å². The van der Waals surface area contributed by atoms with Crippen molar-refractivity contribution in [3.8, 4) is 0 Å². The minimum absolute atomic E-state index is 0.240. The summed E-state index contributed by atoms with van der Waals surface area (Å²) < 4.78 is 0. The molecular weight excluding hydrogens is 252 g/mol. The fraction of sp³-hybridized carbons (Fsp3) is 0.188. The number of anilines is 1. The van der Waals surface area contributed by atoms with Crippen molar-refractivity contribution in [3.05, 3.63) is 66.2 Å². The Kier molecular flexibility index (Phi) is 3.56. The normalized spacial score (nSPS) is 18.5. The lowest BCUT2D eigenvalue weighted by molar-refractivity contribution is 0.780. The minimum atomic E-state index is 0.240. The maximum atomic E-state index is 4.84. The number of hydrogen-bond donors (Lipinski definition) is 0. The van der Waals surface area contributed by atoms with Crippen LogP contribution in [0.4, 0.5) is 5.69 Å². The Morgan fingerprint density at radius 2 is 1.63 bits per heavy atom. The predicted molar refractivity (Wildman–Crippen MR) is 83.9 cm³/mol. The summed E-state index contributed by atoms with van der Waals surface area (Å²) in [5, 5.41) is 1.10. The lowest BCUT2D eigenvalue weighted by Gasteiger charge is -2.19. The van der Waals surface area contributed by atoms with Crippen LogP contribution in [-0.2, 0) is 0 Å². The first-order chi connectivity index (χ1) is 9.38. The molecule has 1 aliphatic rings. The largest absolute Gasteiger partial charge is 0.319 e. The smallest absolute Gasteiger partial charge is 0.164 e. The van der Waals surface area contributed by atoms with Crippen LogP contribution < -0.4 is 4.90 Å². The third-order valence-electron chi connectivity index (χ3n) is 3.29. The third kappa shape index (κ3) is 2.51. The van der Waals surface area contributed by atoms with Crippen LogP contribution in [0, 0.1) is 0 Å². The maximum absolute atomic E-state index is 4.84. The van der Waals surface area contributed by atoms with Gasteiger partial charge in [-0.2, -0.15) is 0 Å². The molecule has 2 nitrogen and oxygen atoms in total. The quantitative estimate of drug-likeness (QED) is 0.819. The van der Waals surface area contributed by atoms with E-state index < -0.39 is 0 Å². The highest BCUT2D eigenvalue weighted by atomic mass is 32.2. The van der Waals surface area contributed by atoms with Crippen molar-refractivity contribution in [2.75, 3.05) is 17.7 Å². The highest BCUT2D eigenvalue weighted by Crippen LogP contribution is 2.31. The van der Waals surface area contributed by atoms with Gasteiger partial charge in [0.25, 0.3) is 0 Å². The third-order valence-corrected chi connectivity index (χ3v) is 3.98. The SMILES string of the molecule is CSC1=N[C@H](c2ccccc2)CN1c1ccccc1. The minimum Gasteiger partial charge on any atom is -0.319 e. The van der Waals surface area contributed by atoms with Gasteiger partial charge in [-0.1, -0.05) is 60.3 Å². The van der Waals surface area contributed by atoms with E-state index in [4.69, 9.17) is 4.99 Å². The summed E-state index contributed by atoms with van der Waals surface area (Å²) in [6.45, 7) is 0.921. The summed E-state index contributed by atoms with van der Waals surface area (Å²) >= 11 is 1.71. The Bertz CT molecular complexity index is 566. The van der Waals surface area contributed by atoms with E-state index in [9.17, 15) is 0 Å². The van der Waals surface area contributed by atoms with Crippen molar-refractivity contribution < 1.29 is 0 Å². The molecule has 0 amide bonds. The first-order valence-corrected chi connectivity index (χ1v) is 7.60. The van der Waals surface area contributed by atoms with Gasteiger partial charge >= 0.3 is 0 Å². The van der Waals surface area contributed by atoms with Gasteiger partial charge in [0.15, 0.2) is 5.17 Å². The van der Waals surface area contributed by atoms with Crippen LogP contribution in [0.3, 0.4) is 0 Å². The average Bonchev–Trinajstić information content (AvgIpc) is 2.93. The summed E-state index contributed by atoms with van der Waals surface area (Å²) in [6.07, 6.45) is 2.09. The van der Waals surface area contributed by atoms with Crippen LogP contribution in [0.15, 0.2) is 65.7 Å². The highest BCUT2D eigenvalue weighted by Gasteiger charge is 2.26. The van der Waals surface area contributed by atoms with Crippen molar-refractivity contribution in [2.24, 2.45) is 4.99 Å². The Morgan fingerprint density at radius 1 is 1.00 bits per heavy atom. The van der Waals surface area contributed by atoms with E-state index in [-0.39, 0.29) is 6.04 Å². The molecule has 0 fully saturated rings. The number of rotatable bonds is 2. The van der Waals surface area contributed by atoms with E-state index in [1.807, 2.05) is 12.1 Å². The Morgan fingerprint density at radius 3 is 2.26 bits per heavy atom. The summed E-state index contributed by atoms with van der Waals surface area (Å²) in [4.78, 5) is 7.13. The number of hydrogen-bond acceptors (Lipinski definition) is 3. The van der Waals surface area contributed by atoms with Gasteiger partial charge in [0, 0.05) is 5.69 Å². The number of amidine groups is 1. The fourth-order valence-electron chi connectivity index (χ4n) is 2.34. The van der Waals surface area contributed by atoms with Gasteiger partial charge in [-0.05, 0) is 24.0 Å². The second-order valence-electron chi connectivity index (χ2n) is 4.49. The van der Waals surface area contributed by atoms with Crippen molar-refractivity contribution >= 4 is 22.6 Å². The van der Waals surface area contributed by atoms with E-state index >= 15 is 0 Å². The van der Waals surface area contributed by atoms with Crippen LogP contribution in [0.5, 0.6) is 0 Å². The maximum Gasteiger partial charge on any atom is 0.164 e. The molecular formula is C16H16N2S. The van der Waals surface area contributed by atoms with Crippen LogP contribution >= 0.6 is 11.8 Å². The first-order valence-electron chi connectivity index (χ1n) is 6.38. The topological polar surface area (TPSA) is 15.6 Å². The molecule has 0 N–H and O–H groups in total. The fourth-order valence-corrected chi connectivity index (χ4v) is 2.97. The van der Waals surface area contributed by atoms with Crippen LogP contribution in [0.25, 0.3) is 0 Å². The number of nitrogens with zero attached hydrogens (tertiary/aromatic N) is 2. The van der Waals surface area contributed by atoms with Gasteiger partial charge in [0.05, 0.1) is 12.6 Å². The average molecular weight is 268 g/mol. The van der Waals surface area contributed by atoms with Gasteiger partial charge in [-0.15, -0.1) is 0 Å². The van der Waals surface area contributed by atoms with Gasteiger partial charge < -0.3 is 4.90 Å². The molecule has 1 atom stereocenters. The number of aliphatic imine (C=N–C) groups is 1. The van der Waals surface area contributed by atoms with E-state index in [1.165, 1.54) is 11.3 Å². The molecule has 2 aromatic carbocycles. The Hall–Kier alpha value is -1.74. The van der Waals surface area contributed by atoms with Crippen LogP contribution in [-0.4, -0.2) is 18.0 Å². The van der Waals surface area contributed by atoms with Gasteiger partial charge in [0.2, 0.25) is 0 Å². The molecule has 0 saturated heterocycles. The zero-order valence-corrected chi connectivity index (χ0v) is 11.7. The number of para-hydroxylation sites is 1. The molecule has 1 aliphatic heterocycles. The zero-order valence-electron chi connectivity index (χ0n) is 10.9. The van der Waals surface area contributed by atoms with E-state index in [1.54, 1.807) is 11.8 Å². The molecule has 2 aromatic rings. The molecule has 19 heavy (non-hydrogen) atoms. The standard InChI is InChI=1S/C16H16N2S/c1-19-16-17-15(13-8-4-2-5-9-13)12-18(16)14-10-6-3-7-11-14/h2-11,15H,12H2,1H3/t15-/m0/s1. The number of thioether (sulfide) groups is 1. The molecule has 0 radical (unpaired) electrons. The lowest BCUT2D eigenvalue weighted by atomic mass is 10.1.